The van der Waals surface area contributed by atoms with Crippen LogP contribution in [0.1, 0.15) is 33.6 Å². The molecule has 1 unspecified atom stereocenters. The molecule has 0 saturated heterocycles. The molecule has 2 N–H and O–H groups in total. The third-order valence-corrected chi connectivity index (χ3v) is 3.63. The highest BCUT2D eigenvalue weighted by Crippen LogP contribution is 2.05. The maximum Gasteiger partial charge on any atom is 0.384 e. The van der Waals surface area contributed by atoms with E-state index in [9.17, 15) is 0 Å². The van der Waals surface area contributed by atoms with E-state index in [1.165, 1.54) is 0 Å². The fourth-order valence-corrected chi connectivity index (χ4v) is 2.59. The van der Waals surface area contributed by atoms with Crippen LogP contribution >= 0.6 is 0 Å². The Morgan fingerprint density at radius 3 is 2.15 bits per heavy atom. The van der Waals surface area contributed by atoms with E-state index in [0.717, 1.165) is 32.1 Å². The summed E-state index contributed by atoms with van der Waals surface area (Å²) in [6, 6.07) is 1.35. The van der Waals surface area contributed by atoms with Crippen LogP contribution in [0.2, 0.25) is 6.04 Å². The second-order valence-electron chi connectivity index (χ2n) is 3.11. The van der Waals surface area contributed by atoms with Gasteiger partial charge in [-0.15, -0.1) is 0 Å². The van der Waals surface area contributed by atoms with Gasteiger partial charge in [-0.1, -0.05) is 0 Å². The molecular formula is C9H22NO2Si. The van der Waals surface area contributed by atoms with E-state index < -0.39 is 9.28 Å². The van der Waals surface area contributed by atoms with Crippen molar-refractivity contribution in [3.05, 3.63) is 0 Å². The van der Waals surface area contributed by atoms with E-state index in [1.54, 1.807) is 0 Å². The lowest BCUT2D eigenvalue weighted by atomic mass is 10.2. The number of rotatable bonds is 8. The first kappa shape index (κ1) is 13.1. The quantitative estimate of drug-likeness (QED) is 0.612. The third kappa shape index (κ3) is 8.43. The zero-order chi connectivity index (χ0) is 10.1. The Kier molecular flexibility index (Phi) is 8.75. The molecule has 0 aliphatic heterocycles. The normalized spacial score (nSPS) is 13.6. The largest absolute Gasteiger partial charge is 0.394 e. The van der Waals surface area contributed by atoms with Crippen LogP contribution in [0.5, 0.6) is 0 Å². The summed E-state index contributed by atoms with van der Waals surface area (Å²) in [7, 11) is -0.998. The van der Waals surface area contributed by atoms with Gasteiger partial charge in [0.15, 0.2) is 0 Å². The highest BCUT2D eigenvalue weighted by atomic mass is 28.3. The molecule has 0 aromatic carbocycles. The number of nitrogens with two attached hydrogens (primary N) is 1. The molecule has 4 heteroatoms. The van der Waals surface area contributed by atoms with Gasteiger partial charge < -0.3 is 14.6 Å². The van der Waals surface area contributed by atoms with Crippen molar-refractivity contribution >= 4 is 9.28 Å². The smallest absolute Gasteiger partial charge is 0.384 e. The van der Waals surface area contributed by atoms with Crippen molar-refractivity contribution in [1.29, 1.82) is 0 Å². The van der Waals surface area contributed by atoms with Gasteiger partial charge in [-0.05, 0) is 39.7 Å². The molecule has 79 valence electrons. The predicted octanol–water partition coefficient (Wildman–Crippen LogP) is 1.67. The van der Waals surface area contributed by atoms with Crippen molar-refractivity contribution in [2.24, 2.45) is 5.73 Å². The van der Waals surface area contributed by atoms with Crippen LogP contribution in [-0.2, 0) is 8.85 Å². The van der Waals surface area contributed by atoms with E-state index in [4.69, 9.17) is 14.6 Å². The van der Waals surface area contributed by atoms with Gasteiger partial charge in [-0.3, -0.25) is 0 Å². The summed E-state index contributed by atoms with van der Waals surface area (Å²) in [5.41, 5.74) is 5.66. The molecule has 1 radical (unpaired) electrons. The standard InChI is InChI=1S/C9H22NO2Si/c1-4-11-13(12-5-2)8-6-7-9(3)10/h9H,4-8,10H2,1-3H3. The second kappa shape index (κ2) is 8.68. The van der Waals surface area contributed by atoms with Gasteiger partial charge in [0, 0.05) is 19.3 Å². The van der Waals surface area contributed by atoms with Crippen LogP contribution < -0.4 is 5.73 Å². The summed E-state index contributed by atoms with van der Waals surface area (Å²) in [6.07, 6.45) is 2.18. The van der Waals surface area contributed by atoms with Crippen LogP contribution in [0.25, 0.3) is 0 Å². The average Bonchev–Trinajstić information content (AvgIpc) is 2.04. The van der Waals surface area contributed by atoms with Crippen molar-refractivity contribution in [3.8, 4) is 0 Å². The molecule has 0 spiro atoms. The maximum atomic E-state index is 5.66. The van der Waals surface area contributed by atoms with Gasteiger partial charge in [0.1, 0.15) is 0 Å². The van der Waals surface area contributed by atoms with Gasteiger partial charge in [0.05, 0.1) is 0 Å². The van der Waals surface area contributed by atoms with Crippen molar-refractivity contribution in [3.63, 3.8) is 0 Å². The monoisotopic (exact) mass is 204 g/mol. The summed E-state index contributed by atoms with van der Waals surface area (Å²) in [6.45, 7) is 7.57. The minimum absolute atomic E-state index is 0.298. The molecular weight excluding hydrogens is 182 g/mol. The molecule has 0 fully saturated rings. The fourth-order valence-electron chi connectivity index (χ4n) is 1.08. The molecule has 1 atom stereocenters. The summed E-state index contributed by atoms with van der Waals surface area (Å²) in [4.78, 5) is 0. The van der Waals surface area contributed by atoms with E-state index >= 15 is 0 Å². The molecule has 0 saturated carbocycles. The van der Waals surface area contributed by atoms with Crippen molar-refractivity contribution in [1.82, 2.24) is 0 Å². The Bertz CT molecular complexity index is 106. The lowest BCUT2D eigenvalue weighted by molar-refractivity contribution is 0.212. The Morgan fingerprint density at radius 2 is 1.77 bits per heavy atom. The van der Waals surface area contributed by atoms with E-state index in [2.05, 4.69) is 0 Å². The van der Waals surface area contributed by atoms with Crippen LogP contribution in [0.3, 0.4) is 0 Å². The molecule has 0 aromatic rings. The topological polar surface area (TPSA) is 44.5 Å². The van der Waals surface area contributed by atoms with E-state index in [-0.39, 0.29) is 0 Å². The van der Waals surface area contributed by atoms with Crippen LogP contribution in [0.4, 0.5) is 0 Å². The Balaban J connectivity index is 3.44. The van der Waals surface area contributed by atoms with E-state index in [0.29, 0.717) is 6.04 Å². The zero-order valence-electron chi connectivity index (χ0n) is 9.01. The zero-order valence-corrected chi connectivity index (χ0v) is 10.0. The first-order valence-electron chi connectivity index (χ1n) is 5.07. The molecule has 0 aromatic heterocycles. The Hall–Kier alpha value is 0.0969. The second-order valence-corrected chi connectivity index (χ2v) is 4.93. The van der Waals surface area contributed by atoms with Crippen molar-refractivity contribution in [2.75, 3.05) is 13.2 Å². The molecule has 3 nitrogen and oxygen atoms in total. The summed E-state index contributed by atoms with van der Waals surface area (Å²) in [5.74, 6) is 0. The van der Waals surface area contributed by atoms with Crippen molar-refractivity contribution < 1.29 is 8.85 Å². The molecule has 0 bridgehead atoms. The number of hydrogen-bond acceptors (Lipinski definition) is 3. The highest BCUT2D eigenvalue weighted by molar-refractivity contribution is 6.44. The number of hydrogen-bond donors (Lipinski definition) is 1. The van der Waals surface area contributed by atoms with Crippen molar-refractivity contribution in [2.45, 2.75) is 45.7 Å². The SMILES string of the molecule is CCO[Si](CCCC(C)N)OCC. The minimum Gasteiger partial charge on any atom is -0.394 e. The van der Waals surface area contributed by atoms with Gasteiger partial charge in [-0.2, -0.15) is 0 Å². The summed E-state index contributed by atoms with van der Waals surface area (Å²) in [5, 5.41) is 0. The van der Waals surface area contributed by atoms with Gasteiger partial charge >= 0.3 is 9.28 Å². The third-order valence-electron chi connectivity index (χ3n) is 1.65. The van der Waals surface area contributed by atoms with Gasteiger partial charge in [-0.25, -0.2) is 0 Å². The molecule has 0 aliphatic rings. The average molecular weight is 204 g/mol. The lowest BCUT2D eigenvalue weighted by Gasteiger charge is -2.13. The Morgan fingerprint density at radius 1 is 1.23 bits per heavy atom. The molecule has 0 amide bonds. The molecule has 0 aliphatic carbocycles. The van der Waals surface area contributed by atoms with Gasteiger partial charge in [0.2, 0.25) is 0 Å². The maximum absolute atomic E-state index is 5.66. The first-order chi connectivity index (χ1) is 6.20. The van der Waals surface area contributed by atoms with E-state index in [1.807, 2.05) is 20.8 Å². The summed E-state index contributed by atoms with van der Waals surface area (Å²) >= 11 is 0. The Labute approximate surface area is 83.5 Å². The lowest BCUT2D eigenvalue weighted by Crippen LogP contribution is -2.24. The molecule has 0 heterocycles. The minimum atomic E-state index is -0.998. The first-order valence-corrected chi connectivity index (χ1v) is 6.60. The highest BCUT2D eigenvalue weighted by Gasteiger charge is 2.13. The summed E-state index contributed by atoms with van der Waals surface area (Å²) < 4.78 is 11.0. The fraction of sp³-hybridized carbons (Fsp3) is 1.00. The van der Waals surface area contributed by atoms with Gasteiger partial charge in [0.25, 0.3) is 0 Å². The van der Waals surface area contributed by atoms with Crippen LogP contribution in [0.15, 0.2) is 0 Å². The molecule has 0 rings (SSSR count). The van der Waals surface area contributed by atoms with Crippen LogP contribution in [-0.4, -0.2) is 28.5 Å². The molecule has 13 heavy (non-hydrogen) atoms. The predicted molar refractivity (Wildman–Crippen MR) is 56.7 cm³/mol. The van der Waals surface area contributed by atoms with Crippen LogP contribution in [0, 0.1) is 0 Å².